The molecule has 2 aromatic heterocycles. The summed E-state index contributed by atoms with van der Waals surface area (Å²) < 4.78 is 3.03. The molecule has 0 saturated heterocycles. The lowest BCUT2D eigenvalue weighted by atomic mass is 10.1. The van der Waals surface area contributed by atoms with Crippen LogP contribution in [-0.2, 0) is 6.42 Å². The third-order valence-electron chi connectivity index (χ3n) is 2.79. The molecule has 90 valence electrons. The van der Waals surface area contributed by atoms with Gasteiger partial charge >= 0.3 is 0 Å². The number of aromatic nitrogens is 2. The summed E-state index contributed by atoms with van der Waals surface area (Å²) in [7, 11) is 0. The van der Waals surface area contributed by atoms with Gasteiger partial charge in [0.2, 0.25) is 0 Å². The molecule has 1 aromatic carbocycles. The minimum atomic E-state index is 0.290. The molecule has 0 radical (unpaired) electrons. The summed E-state index contributed by atoms with van der Waals surface area (Å²) >= 11 is 3.44. The van der Waals surface area contributed by atoms with Crippen molar-refractivity contribution in [1.82, 2.24) is 9.38 Å². The van der Waals surface area contributed by atoms with Gasteiger partial charge in [-0.05, 0) is 45.8 Å². The minimum Gasteiger partial charge on any atom is -0.508 e. The predicted molar refractivity (Wildman–Crippen MR) is 73.8 cm³/mol. The zero-order chi connectivity index (χ0) is 12.5. The molecule has 0 spiro atoms. The van der Waals surface area contributed by atoms with Gasteiger partial charge in [0, 0.05) is 23.3 Å². The highest BCUT2D eigenvalue weighted by Crippen LogP contribution is 2.16. The Kier molecular flexibility index (Phi) is 2.80. The molecular weight excluding hydrogens is 292 g/mol. The number of phenols is 1. The summed E-state index contributed by atoms with van der Waals surface area (Å²) in [5.41, 5.74) is 3.08. The SMILES string of the molecule is Oc1ccc(Cc2cn3cc(Br)ccc3n2)cc1. The Bertz CT molecular complexity index is 689. The van der Waals surface area contributed by atoms with Crippen molar-refractivity contribution in [1.29, 1.82) is 0 Å². The number of nitrogens with zero attached hydrogens (tertiary/aromatic N) is 2. The lowest BCUT2D eigenvalue weighted by Gasteiger charge is -1.97. The van der Waals surface area contributed by atoms with E-state index in [9.17, 15) is 5.11 Å². The van der Waals surface area contributed by atoms with Gasteiger partial charge in [0.25, 0.3) is 0 Å². The molecule has 1 N–H and O–H groups in total. The first kappa shape index (κ1) is 11.3. The summed E-state index contributed by atoms with van der Waals surface area (Å²) in [6, 6.07) is 11.2. The molecule has 2 heterocycles. The van der Waals surface area contributed by atoms with Crippen LogP contribution >= 0.6 is 15.9 Å². The number of pyridine rings is 1. The lowest BCUT2D eigenvalue weighted by molar-refractivity contribution is 0.475. The Labute approximate surface area is 113 Å². The first-order chi connectivity index (χ1) is 8.70. The maximum atomic E-state index is 9.24. The molecular formula is C14H11BrN2O. The third-order valence-corrected chi connectivity index (χ3v) is 3.26. The Balaban J connectivity index is 1.92. The second-order valence-electron chi connectivity index (χ2n) is 4.19. The molecule has 3 rings (SSSR count). The zero-order valence-electron chi connectivity index (χ0n) is 9.55. The van der Waals surface area contributed by atoms with Crippen LogP contribution in [0.5, 0.6) is 5.75 Å². The number of hydrogen-bond donors (Lipinski definition) is 1. The monoisotopic (exact) mass is 302 g/mol. The van der Waals surface area contributed by atoms with E-state index in [4.69, 9.17) is 0 Å². The number of imidazole rings is 1. The molecule has 4 heteroatoms. The van der Waals surface area contributed by atoms with Crippen LogP contribution in [0.25, 0.3) is 5.65 Å². The average molecular weight is 303 g/mol. The van der Waals surface area contributed by atoms with Crippen LogP contribution in [-0.4, -0.2) is 14.5 Å². The molecule has 0 aliphatic heterocycles. The number of rotatable bonds is 2. The van der Waals surface area contributed by atoms with E-state index in [0.29, 0.717) is 0 Å². The Morgan fingerprint density at radius 3 is 2.61 bits per heavy atom. The van der Waals surface area contributed by atoms with Crippen LogP contribution in [0.1, 0.15) is 11.3 Å². The van der Waals surface area contributed by atoms with E-state index < -0.39 is 0 Å². The number of aromatic hydroxyl groups is 1. The second kappa shape index (κ2) is 4.46. The van der Waals surface area contributed by atoms with Crippen molar-refractivity contribution in [2.45, 2.75) is 6.42 Å². The van der Waals surface area contributed by atoms with Crippen LogP contribution in [0.3, 0.4) is 0 Å². The van der Waals surface area contributed by atoms with Crippen LogP contribution in [0.4, 0.5) is 0 Å². The highest BCUT2D eigenvalue weighted by molar-refractivity contribution is 9.10. The number of benzene rings is 1. The van der Waals surface area contributed by atoms with Crippen LogP contribution in [0.15, 0.2) is 53.3 Å². The van der Waals surface area contributed by atoms with Crippen molar-refractivity contribution in [3.05, 3.63) is 64.5 Å². The van der Waals surface area contributed by atoms with E-state index >= 15 is 0 Å². The van der Waals surface area contributed by atoms with E-state index in [-0.39, 0.29) is 5.75 Å². The average Bonchev–Trinajstić information content (AvgIpc) is 2.73. The first-order valence-corrected chi connectivity index (χ1v) is 6.41. The quantitative estimate of drug-likeness (QED) is 0.788. The molecule has 0 unspecified atom stereocenters. The number of halogens is 1. The number of fused-ring (bicyclic) bond motifs is 1. The van der Waals surface area contributed by atoms with Crippen molar-refractivity contribution >= 4 is 21.6 Å². The molecule has 3 aromatic rings. The maximum absolute atomic E-state index is 9.24. The van der Waals surface area contributed by atoms with Gasteiger partial charge < -0.3 is 9.51 Å². The normalized spacial score (nSPS) is 10.9. The van der Waals surface area contributed by atoms with E-state index in [1.54, 1.807) is 12.1 Å². The summed E-state index contributed by atoms with van der Waals surface area (Å²) in [5, 5.41) is 9.24. The fraction of sp³-hybridized carbons (Fsp3) is 0.0714. The molecule has 0 atom stereocenters. The zero-order valence-corrected chi connectivity index (χ0v) is 11.1. The van der Waals surface area contributed by atoms with Crippen LogP contribution in [0.2, 0.25) is 0 Å². The van der Waals surface area contributed by atoms with Gasteiger partial charge in [0.05, 0.1) is 5.69 Å². The highest BCUT2D eigenvalue weighted by Gasteiger charge is 2.03. The second-order valence-corrected chi connectivity index (χ2v) is 5.10. The van der Waals surface area contributed by atoms with Gasteiger partial charge in [-0.15, -0.1) is 0 Å². The van der Waals surface area contributed by atoms with E-state index in [2.05, 4.69) is 20.9 Å². The highest BCUT2D eigenvalue weighted by atomic mass is 79.9. The molecule has 0 fully saturated rings. The third kappa shape index (κ3) is 2.24. The number of hydrogen-bond acceptors (Lipinski definition) is 2. The lowest BCUT2D eigenvalue weighted by Crippen LogP contribution is -1.87. The summed E-state index contributed by atoms with van der Waals surface area (Å²) in [6.45, 7) is 0. The van der Waals surface area contributed by atoms with Crippen molar-refractivity contribution in [2.24, 2.45) is 0 Å². The Morgan fingerprint density at radius 2 is 1.83 bits per heavy atom. The van der Waals surface area contributed by atoms with Gasteiger partial charge in [0.15, 0.2) is 0 Å². The molecule has 0 amide bonds. The van der Waals surface area contributed by atoms with E-state index in [1.807, 2.05) is 41.1 Å². The van der Waals surface area contributed by atoms with Gasteiger partial charge in [-0.25, -0.2) is 4.98 Å². The maximum Gasteiger partial charge on any atom is 0.137 e. The van der Waals surface area contributed by atoms with Gasteiger partial charge in [-0.2, -0.15) is 0 Å². The smallest absolute Gasteiger partial charge is 0.137 e. The van der Waals surface area contributed by atoms with Crippen molar-refractivity contribution in [3.8, 4) is 5.75 Å². The van der Waals surface area contributed by atoms with Gasteiger partial charge in [0.1, 0.15) is 11.4 Å². The standard InChI is InChI=1S/C14H11BrN2O/c15-11-3-6-14-16-12(9-17(14)8-11)7-10-1-4-13(18)5-2-10/h1-6,8-9,18H,7H2. The summed E-state index contributed by atoms with van der Waals surface area (Å²) in [4.78, 5) is 4.55. The number of phenolic OH excluding ortho intramolecular Hbond substituents is 1. The van der Waals surface area contributed by atoms with Crippen LogP contribution < -0.4 is 0 Å². The first-order valence-electron chi connectivity index (χ1n) is 5.62. The van der Waals surface area contributed by atoms with E-state index in [0.717, 1.165) is 27.8 Å². The van der Waals surface area contributed by atoms with Gasteiger partial charge in [-0.3, -0.25) is 0 Å². The van der Waals surface area contributed by atoms with Crippen LogP contribution in [0, 0.1) is 0 Å². The Hall–Kier alpha value is -1.81. The molecule has 0 aliphatic carbocycles. The molecule has 0 aliphatic rings. The summed E-state index contributed by atoms with van der Waals surface area (Å²) in [5.74, 6) is 0.290. The van der Waals surface area contributed by atoms with Gasteiger partial charge in [-0.1, -0.05) is 12.1 Å². The molecule has 0 saturated carbocycles. The topological polar surface area (TPSA) is 37.5 Å². The fourth-order valence-corrected chi connectivity index (χ4v) is 2.28. The van der Waals surface area contributed by atoms with Crippen molar-refractivity contribution in [2.75, 3.05) is 0 Å². The summed E-state index contributed by atoms with van der Waals surface area (Å²) in [6.07, 6.45) is 4.77. The predicted octanol–water partition coefficient (Wildman–Crippen LogP) is 3.39. The minimum absolute atomic E-state index is 0.290. The molecule has 0 bridgehead atoms. The largest absolute Gasteiger partial charge is 0.508 e. The molecule has 3 nitrogen and oxygen atoms in total. The van der Waals surface area contributed by atoms with Crippen molar-refractivity contribution < 1.29 is 5.11 Å². The Morgan fingerprint density at radius 1 is 1.06 bits per heavy atom. The van der Waals surface area contributed by atoms with Crippen molar-refractivity contribution in [3.63, 3.8) is 0 Å². The molecule has 18 heavy (non-hydrogen) atoms. The fourth-order valence-electron chi connectivity index (χ4n) is 1.93. The van der Waals surface area contributed by atoms with E-state index in [1.165, 1.54) is 0 Å².